The lowest BCUT2D eigenvalue weighted by molar-refractivity contribution is -0.130. The number of hydrogen-bond acceptors (Lipinski definition) is 3. The standard InChI is InChI=1S/C14H28N2O2/c1-13(12-17)7-6-8-15-11-14(18)16-9-4-2-3-5-10-16/h13,15,17H,2-12H2,1H3. The van der Waals surface area contributed by atoms with E-state index in [0.29, 0.717) is 12.5 Å². The summed E-state index contributed by atoms with van der Waals surface area (Å²) in [7, 11) is 0. The van der Waals surface area contributed by atoms with Crippen molar-refractivity contribution in [3.05, 3.63) is 0 Å². The van der Waals surface area contributed by atoms with Gasteiger partial charge in [0.1, 0.15) is 0 Å². The molecule has 18 heavy (non-hydrogen) atoms. The Bertz CT molecular complexity index is 226. The quantitative estimate of drug-likeness (QED) is 0.677. The molecule has 1 atom stereocenters. The fraction of sp³-hybridized carbons (Fsp3) is 0.929. The Balaban J connectivity index is 2.05. The van der Waals surface area contributed by atoms with Crippen LogP contribution in [0.2, 0.25) is 0 Å². The number of rotatable bonds is 7. The van der Waals surface area contributed by atoms with Crippen molar-refractivity contribution in [2.24, 2.45) is 5.92 Å². The maximum atomic E-state index is 11.9. The zero-order valence-electron chi connectivity index (χ0n) is 11.7. The number of carbonyl (C=O) groups is 1. The number of amides is 1. The Morgan fingerprint density at radius 3 is 2.56 bits per heavy atom. The summed E-state index contributed by atoms with van der Waals surface area (Å²) in [6, 6.07) is 0. The Morgan fingerprint density at radius 1 is 1.28 bits per heavy atom. The van der Waals surface area contributed by atoms with E-state index in [2.05, 4.69) is 5.32 Å². The average Bonchev–Trinajstić information content (AvgIpc) is 2.66. The van der Waals surface area contributed by atoms with Crippen molar-refractivity contribution >= 4 is 5.91 Å². The van der Waals surface area contributed by atoms with Gasteiger partial charge in [0.05, 0.1) is 6.54 Å². The van der Waals surface area contributed by atoms with Gasteiger partial charge in [-0.15, -0.1) is 0 Å². The van der Waals surface area contributed by atoms with Crippen LogP contribution in [0.1, 0.15) is 45.4 Å². The molecule has 0 aromatic carbocycles. The van der Waals surface area contributed by atoms with E-state index < -0.39 is 0 Å². The van der Waals surface area contributed by atoms with Crippen LogP contribution in [0.25, 0.3) is 0 Å². The second-order valence-electron chi connectivity index (χ2n) is 5.40. The summed E-state index contributed by atoms with van der Waals surface area (Å²) in [5, 5.41) is 12.1. The second-order valence-corrected chi connectivity index (χ2v) is 5.40. The van der Waals surface area contributed by atoms with Gasteiger partial charge in [0.15, 0.2) is 0 Å². The fourth-order valence-corrected chi connectivity index (χ4v) is 2.29. The molecule has 1 rings (SSSR count). The number of nitrogens with zero attached hydrogens (tertiary/aromatic N) is 1. The number of aliphatic hydroxyl groups excluding tert-OH is 1. The lowest BCUT2D eigenvalue weighted by atomic mass is 10.1. The zero-order chi connectivity index (χ0) is 13.2. The SMILES string of the molecule is CC(CO)CCCNCC(=O)N1CCCCCC1. The molecule has 4 heteroatoms. The van der Waals surface area contributed by atoms with E-state index in [4.69, 9.17) is 5.11 Å². The van der Waals surface area contributed by atoms with E-state index >= 15 is 0 Å². The summed E-state index contributed by atoms with van der Waals surface area (Å²) in [6.07, 6.45) is 6.86. The summed E-state index contributed by atoms with van der Waals surface area (Å²) < 4.78 is 0. The molecule has 1 heterocycles. The van der Waals surface area contributed by atoms with Gasteiger partial charge in [0.2, 0.25) is 5.91 Å². The van der Waals surface area contributed by atoms with Crippen LogP contribution in [0, 0.1) is 5.92 Å². The van der Waals surface area contributed by atoms with Crippen LogP contribution in [0.4, 0.5) is 0 Å². The highest BCUT2D eigenvalue weighted by molar-refractivity contribution is 5.78. The molecule has 0 aromatic heterocycles. The first-order chi connectivity index (χ1) is 8.74. The van der Waals surface area contributed by atoms with Gasteiger partial charge in [-0.05, 0) is 38.1 Å². The predicted octanol–water partition coefficient (Wildman–Crippen LogP) is 1.39. The molecular formula is C14H28N2O2. The minimum atomic E-state index is 0.243. The zero-order valence-corrected chi connectivity index (χ0v) is 11.7. The molecule has 0 aliphatic carbocycles. The summed E-state index contributed by atoms with van der Waals surface area (Å²) in [5.74, 6) is 0.611. The molecule has 0 spiro atoms. The largest absolute Gasteiger partial charge is 0.396 e. The maximum Gasteiger partial charge on any atom is 0.236 e. The Kier molecular flexibility index (Phi) is 8.01. The fourth-order valence-electron chi connectivity index (χ4n) is 2.29. The monoisotopic (exact) mass is 256 g/mol. The third-order valence-corrected chi connectivity index (χ3v) is 3.60. The first-order valence-corrected chi connectivity index (χ1v) is 7.33. The Morgan fingerprint density at radius 2 is 1.94 bits per heavy atom. The van der Waals surface area contributed by atoms with Crippen LogP contribution >= 0.6 is 0 Å². The van der Waals surface area contributed by atoms with Gasteiger partial charge < -0.3 is 15.3 Å². The number of likely N-dealkylation sites (tertiary alicyclic amines) is 1. The molecule has 4 nitrogen and oxygen atoms in total. The predicted molar refractivity (Wildman–Crippen MR) is 73.4 cm³/mol. The molecule has 1 fully saturated rings. The van der Waals surface area contributed by atoms with Crippen molar-refractivity contribution in [2.75, 3.05) is 32.8 Å². The van der Waals surface area contributed by atoms with Crippen molar-refractivity contribution in [3.8, 4) is 0 Å². The van der Waals surface area contributed by atoms with Crippen molar-refractivity contribution in [3.63, 3.8) is 0 Å². The topological polar surface area (TPSA) is 52.6 Å². The van der Waals surface area contributed by atoms with Gasteiger partial charge in [0, 0.05) is 19.7 Å². The summed E-state index contributed by atoms with van der Waals surface area (Å²) in [4.78, 5) is 13.9. The average molecular weight is 256 g/mol. The summed E-state index contributed by atoms with van der Waals surface area (Å²) in [5.41, 5.74) is 0. The van der Waals surface area contributed by atoms with Gasteiger partial charge >= 0.3 is 0 Å². The number of carbonyl (C=O) groups excluding carboxylic acids is 1. The van der Waals surface area contributed by atoms with Crippen LogP contribution in [0.15, 0.2) is 0 Å². The molecule has 106 valence electrons. The summed E-state index contributed by atoms with van der Waals surface area (Å²) in [6.45, 7) is 5.50. The second kappa shape index (κ2) is 9.34. The Labute approximate surface area is 111 Å². The van der Waals surface area contributed by atoms with E-state index in [1.165, 1.54) is 12.8 Å². The highest BCUT2D eigenvalue weighted by Gasteiger charge is 2.14. The molecule has 1 unspecified atom stereocenters. The van der Waals surface area contributed by atoms with Gasteiger partial charge in [-0.25, -0.2) is 0 Å². The minimum absolute atomic E-state index is 0.243. The van der Waals surface area contributed by atoms with E-state index in [0.717, 1.165) is 45.3 Å². The lowest BCUT2D eigenvalue weighted by Crippen LogP contribution is -2.39. The van der Waals surface area contributed by atoms with Crippen LogP contribution in [0.3, 0.4) is 0 Å². The minimum Gasteiger partial charge on any atom is -0.396 e. The third kappa shape index (κ3) is 6.36. The van der Waals surface area contributed by atoms with E-state index in [1.54, 1.807) is 0 Å². The highest BCUT2D eigenvalue weighted by Crippen LogP contribution is 2.09. The molecule has 1 aliphatic heterocycles. The maximum absolute atomic E-state index is 11.9. The van der Waals surface area contributed by atoms with Crippen LogP contribution in [0.5, 0.6) is 0 Å². The van der Waals surface area contributed by atoms with Crippen molar-refractivity contribution in [2.45, 2.75) is 45.4 Å². The van der Waals surface area contributed by atoms with Gasteiger partial charge in [0.25, 0.3) is 0 Å². The molecular weight excluding hydrogens is 228 g/mol. The Hall–Kier alpha value is -0.610. The molecule has 2 N–H and O–H groups in total. The normalized spacial score (nSPS) is 18.4. The van der Waals surface area contributed by atoms with E-state index in [1.807, 2.05) is 11.8 Å². The van der Waals surface area contributed by atoms with E-state index in [9.17, 15) is 4.79 Å². The van der Waals surface area contributed by atoms with Crippen LogP contribution in [-0.2, 0) is 4.79 Å². The van der Waals surface area contributed by atoms with Gasteiger partial charge in [-0.1, -0.05) is 19.8 Å². The van der Waals surface area contributed by atoms with Crippen LogP contribution < -0.4 is 5.32 Å². The first-order valence-electron chi connectivity index (χ1n) is 7.33. The molecule has 0 saturated carbocycles. The molecule has 0 bridgehead atoms. The lowest BCUT2D eigenvalue weighted by Gasteiger charge is -2.20. The molecule has 1 amide bonds. The number of hydrogen-bond donors (Lipinski definition) is 2. The smallest absolute Gasteiger partial charge is 0.236 e. The van der Waals surface area contributed by atoms with Crippen molar-refractivity contribution < 1.29 is 9.90 Å². The van der Waals surface area contributed by atoms with Crippen molar-refractivity contribution in [1.29, 1.82) is 0 Å². The summed E-state index contributed by atoms with van der Waals surface area (Å²) >= 11 is 0. The molecule has 1 saturated heterocycles. The molecule has 1 aliphatic rings. The molecule has 0 radical (unpaired) electrons. The van der Waals surface area contributed by atoms with Crippen LogP contribution in [-0.4, -0.2) is 48.7 Å². The van der Waals surface area contributed by atoms with Crippen molar-refractivity contribution in [1.82, 2.24) is 10.2 Å². The highest BCUT2D eigenvalue weighted by atomic mass is 16.3. The van der Waals surface area contributed by atoms with Gasteiger partial charge in [-0.3, -0.25) is 4.79 Å². The van der Waals surface area contributed by atoms with Gasteiger partial charge in [-0.2, -0.15) is 0 Å². The van der Waals surface area contributed by atoms with E-state index in [-0.39, 0.29) is 12.5 Å². The first kappa shape index (κ1) is 15.4. The third-order valence-electron chi connectivity index (χ3n) is 3.60. The molecule has 0 aromatic rings. The number of nitrogens with one attached hydrogen (secondary N) is 1. The number of aliphatic hydroxyl groups is 1.